The minimum Gasteiger partial charge on any atom is -0.462 e. The Kier molecular flexibility index (Phi) is 62.6. The molecule has 0 saturated carbocycles. The fourth-order valence-electron chi connectivity index (χ4n) is 10.4. The predicted molar refractivity (Wildman–Crippen MR) is 326 cm³/mol. The van der Waals surface area contributed by atoms with Crippen LogP contribution in [0.4, 0.5) is 0 Å². The van der Waals surface area contributed by atoms with E-state index in [0.717, 1.165) is 64.2 Å². The summed E-state index contributed by atoms with van der Waals surface area (Å²) in [6.07, 6.45) is 77.9. The van der Waals surface area contributed by atoms with E-state index in [2.05, 4.69) is 45.1 Å². The van der Waals surface area contributed by atoms with Gasteiger partial charge in [-0.05, 0) is 51.4 Å². The smallest absolute Gasteiger partial charge is 0.306 e. The summed E-state index contributed by atoms with van der Waals surface area (Å²) in [5.41, 5.74) is 0. The summed E-state index contributed by atoms with van der Waals surface area (Å²) < 4.78 is 16.9. The Hall–Kier alpha value is -2.11. The number of unbranched alkanes of at least 4 members (excludes halogenated alkanes) is 48. The molecule has 0 aromatic heterocycles. The first-order valence-corrected chi connectivity index (χ1v) is 33.8. The van der Waals surface area contributed by atoms with Gasteiger partial charge in [-0.2, -0.15) is 0 Å². The number of allylic oxidation sites excluding steroid dienone is 4. The molecular weight excluding hydrogens is 925 g/mol. The first kappa shape index (κ1) is 72.9. The predicted octanol–water partition coefficient (Wildman–Crippen LogP) is 23.0. The monoisotopic (exact) mass is 1050 g/mol. The van der Waals surface area contributed by atoms with E-state index in [1.807, 2.05) is 0 Å². The summed E-state index contributed by atoms with van der Waals surface area (Å²) in [7, 11) is 0. The first-order chi connectivity index (χ1) is 37.0. The molecule has 0 aromatic carbocycles. The van der Waals surface area contributed by atoms with Crippen LogP contribution < -0.4 is 0 Å². The van der Waals surface area contributed by atoms with E-state index >= 15 is 0 Å². The molecule has 442 valence electrons. The topological polar surface area (TPSA) is 78.9 Å². The van der Waals surface area contributed by atoms with E-state index in [1.54, 1.807) is 0 Å². The molecule has 6 nitrogen and oxygen atoms in total. The van der Waals surface area contributed by atoms with Crippen LogP contribution in [-0.4, -0.2) is 37.2 Å². The lowest BCUT2D eigenvalue weighted by Crippen LogP contribution is -2.30. The summed E-state index contributed by atoms with van der Waals surface area (Å²) in [6.45, 7) is 6.68. The van der Waals surface area contributed by atoms with E-state index in [9.17, 15) is 14.4 Å². The van der Waals surface area contributed by atoms with Crippen LogP contribution >= 0.6 is 0 Å². The molecule has 75 heavy (non-hydrogen) atoms. The highest BCUT2D eigenvalue weighted by Gasteiger charge is 2.19. The van der Waals surface area contributed by atoms with Crippen LogP contribution in [0.2, 0.25) is 0 Å². The number of carbonyl (C=O) groups excluding carboxylic acids is 3. The van der Waals surface area contributed by atoms with Crippen LogP contribution in [0.15, 0.2) is 24.3 Å². The molecule has 0 aromatic rings. The van der Waals surface area contributed by atoms with Crippen molar-refractivity contribution in [3.05, 3.63) is 24.3 Å². The van der Waals surface area contributed by atoms with Gasteiger partial charge in [-0.3, -0.25) is 14.4 Å². The van der Waals surface area contributed by atoms with Crippen molar-refractivity contribution in [2.45, 2.75) is 386 Å². The van der Waals surface area contributed by atoms with Crippen molar-refractivity contribution in [3.8, 4) is 0 Å². The van der Waals surface area contributed by atoms with Gasteiger partial charge >= 0.3 is 17.9 Å². The molecule has 6 heteroatoms. The molecule has 0 aliphatic carbocycles. The van der Waals surface area contributed by atoms with Crippen LogP contribution in [0.25, 0.3) is 0 Å². The van der Waals surface area contributed by atoms with Gasteiger partial charge in [0.1, 0.15) is 13.2 Å². The van der Waals surface area contributed by atoms with Crippen molar-refractivity contribution in [1.29, 1.82) is 0 Å². The third-order valence-corrected chi connectivity index (χ3v) is 15.5. The van der Waals surface area contributed by atoms with Crippen molar-refractivity contribution in [2.24, 2.45) is 0 Å². The van der Waals surface area contributed by atoms with Gasteiger partial charge in [-0.25, -0.2) is 0 Å². The van der Waals surface area contributed by atoms with Gasteiger partial charge < -0.3 is 14.2 Å². The summed E-state index contributed by atoms with van der Waals surface area (Å²) in [4.78, 5) is 38.2. The molecule has 0 saturated heterocycles. The minimum absolute atomic E-state index is 0.0641. The number of hydrogen-bond acceptors (Lipinski definition) is 6. The highest BCUT2D eigenvalue weighted by Crippen LogP contribution is 2.18. The zero-order valence-corrected chi connectivity index (χ0v) is 50.8. The Morgan fingerprint density at radius 2 is 0.480 bits per heavy atom. The Morgan fingerprint density at radius 1 is 0.267 bits per heavy atom. The lowest BCUT2D eigenvalue weighted by molar-refractivity contribution is -0.167. The summed E-state index contributed by atoms with van der Waals surface area (Å²) in [6, 6.07) is 0. The van der Waals surface area contributed by atoms with Crippen LogP contribution in [0, 0.1) is 0 Å². The zero-order chi connectivity index (χ0) is 54.3. The lowest BCUT2D eigenvalue weighted by atomic mass is 10.0. The summed E-state index contributed by atoms with van der Waals surface area (Å²) >= 11 is 0. The molecule has 0 rings (SSSR count). The van der Waals surface area contributed by atoms with Gasteiger partial charge in [0.25, 0.3) is 0 Å². The van der Waals surface area contributed by atoms with Crippen LogP contribution in [0.5, 0.6) is 0 Å². The van der Waals surface area contributed by atoms with E-state index in [0.29, 0.717) is 19.3 Å². The van der Waals surface area contributed by atoms with Gasteiger partial charge in [-0.15, -0.1) is 0 Å². The third kappa shape index (κ3) is 62.6. The van der Waals surface area contributed by atoms with Gasteiger partial charge in [-0.1, -0.05) is 334 Å². The number of ether oxygens (including phenoxy) is 3. The molecule has 0 aliphatic heterocycles. The maximum atomic E-state index is 12.9. The van der Waals surface area contributed by atoms with Gasteiger partial charge in [0.15, 0.2) is 6.10 Å². The van der Waals surface area contributed by atoms with Crippen molar-refractivity contribution in [3.63, 3.8) is 0 Å². The minimum atomic E-state index is -0.765. The molecule has 0 N–H and O–H groups in total. The molecule has 1 unspecified atom stereocenters. The molecule has 1 atom stereocenters. The van der Waals surface area contributed by atoms with Gasteiger partial charge in [0.05, 0.1) is 0 Å². The van der Waals surface area contributed by atoms with Gasteiger partial charge in [0, 0.05) is 19.3 Å². The van der Waals surface area contributed by atoms with E-state index < -0.39 is 6.10 Å². The lowest BCUT2D eigenvalue weighted by Gasteiger charge is -2.18. The van der Waals surface area contributed by atoms with Crippen molar-refractivity contribution in [1.82, 2.24) is 0 Å². The van der Waals surface area contributed by atoms with Crippen LogP contribution in [0.3, 0.4) is 0 Å². The molecular formula is C69H130O6. The fraction of sp³-hybridized carbons (Fsp3) is 0.899. The fourth-order valence-corrected chi connectivity index (χ4v) is 10.4. The number of carbonyl (C=O) groups is 3. The Balaban J connectivity index is 4.08. The first-order valence-electron chi connectivity index (χ1n) is 33.8. The highest BCUT2D eigenvalue weighted by atomic mass is 16.6. The molecule has 0 amide bonds. The number of hydrogen-bond donors (Lipinski definition) is 0. The number of rotatable bonds is 63. The van der Waals surface area contributed by atoms with E-state index in [-0.39, 0.29) is 31.1 Å². The number of esters is 3. The standard InChI is InChI=1S/C69H130O6/c1-4-7-10-13-16-19-21-23-25-27-29-30-31-32-33-34-35-36-37-38-40-41-43-45-47-50-53-56-59-62-68(71)74-65-66(64-73-67(70)61-58-55-52-49-18-15-12-9-6-3)75-69(72)63-60-57-54-51-48-46-44-42-39-28-26-24-22-20-17-14-11-8-5-2/h21,23,27,29,66H,4-20,22,24-26,28,30-65H2,1-3H3/b23-21-,29-27-. The van der Waals surface area contributed by atoms with Gasteiger partial charge in [0.2, 0.25) is 0 Å². The SMILES string of the molecule is CCCCCCC/C=C\C/C=C\CCCCCCCCCCCCCCCCCCCC(=O)OCC(COC(=O)CCCCCCCCCCC)OC(=O)CCCCCCCCCCCCCCCCCCCCC. The van der Waals surface area contributed by atoms with Crippen LogP contribution in [-0.2, 0) is 28.6 Å². The quantitative estimate of drug-likeness (QED) is 0.0261. The Bertz CT molecular complexity index is 1210. The zero-order valence-electron chi connectivity index (χ0n) is 50.8. The molecule has 0 fully saturated rings. The summed E-state index contributed by atoms with van der Waals surface area (Å²) in [5, 5.41) is 0. The second kappa shape index (κ2) is 64.4. The molecule has 0 heterocycles. The van der Waals surface area contributed by atoms with E-state index in [4.69, 9.17) is 14.2 Å². The average molecular weight is 1060 g/mol. The second-order valence-corrected chi connectivity index (χ2v) is 23.1. The van der Waals surface area contributed by atoms with E-state index in [1.165, 1.54) is 276 Å². The largest absolute Gasteiger partial charge is 0.462 e. The van der Waals surface area contributed by atoms with Crippen LogP contribution in [0.1, 0.15) is 380 Å². The molecule has 0 aliphatic rings. The molecule has 0 bridgehead atoms. The van der Waals surface area contributed by atoms with Crippen molar-refractivity contribution in [2.75, 3.05) is 13.2 Å². The Labute approximate surface area is 468 Å². The molecule has 0 radical (unpaired) electrons. The third-order valence-electron chi connectivity index (χ3n) is 15.5. The summed E-state index contributed by atoms with van der Waals surface area (Å²) in [5.74, 6) is -0.838. The maximum absolute atomic E-state index is 12.9. The van der Waals surface area contributed by atoms with Crippen molar-refractivity contribution >= 4 is 17.9 Å². The second-order valence-electron chi connectivity index (χ2n) is 23.1. The molecule has 0 spiro atoms. The maximum Gasteiger partial charge on any atom is 0.306 e. The highest BCUT2D eigenvalue weighted by molar-refractivity contribution is 5.71. The average Bonchev–Trinajstić information content (AvgIpc) is 3.41. The normalized spacial score (nSPS) is 12.1. The Morgan fingerprint density at radius 3 is 0.733 bits per heavy atom. The van der Waals surface area contributed by atoms with Crippen molar-refractivity contribution < 1.29 is 28.6 Å².